The zero-order chi connectivity index (χ0) is 11.4. The van der Waals surface area contributed by atoms with E-state index in [4.69, 9.17) is 21.1 Å². The minimum absolute atomic E-state index is 0.133. The molecule has 0 bridgehead atoms. The molecule has 1 aromatic heterocycles. The highest BCUT2D eigenvalue weighted by Gasteiger charge is 2.16. The number of hydrogen-bond donors (Lipinski definition) is 3. The average Bonchev–Trinajstić information content (AvgIpc) is 2.78. The molecule has 0 saturated carbocycles. The van der Waals surface area contributed by atoms with Crippen molar-refractivity contribution in [2.24, 2.45) is 11.8 Å². The minimum Gasteiger partial charge on any atom is -0.477 e. The summed E-state index contributed by atoms with van der Waals surface area (Å²) in [5, 5.41) is 0. The van der Waals surface area contributed by atoms with Gasteiger partial charge in [-0.15, -0.1) is 0 Å². The highest BCUT2D eigenvalue weighted by atomic mass is 16.5. The van der Waals surface area contributed by atoms with Gasteiger partial charge in [0, 0.05) is 18.6 Å². The van der Waals surface area contributed by atoms with Crippen molar-refractivity contribution in [2.45, 2.75) is 6.42 Å². The molecule has 5 N–H and O–H groups in total. The van der Waals surface area contributed by atoms with Gasteiger partial charge in [0.25, 0.3) is 0 Å². The van der Waals surface area contributed by atoms with E-state index in [2.05, 4.69) is 15.4 Å². The van der Waals surface area contributed by atoms with Gasteiger partial charge in [0.2, 0.25) is 11.8 Å². The van der Waals surface area contributed by atoms with Gasteiger partial charge in [-0.05, 0) is 6.42 Å². The Kier molecular flexibility index (Phi) is 3.37. The molecule has 0 aromatic carbocycles. The largest absolute Gasteiger partial charge is 0.477 e. The van der Waals surface area contributed by atoms with Crippen molar-refractivity contribution in [1.29, 1.82) is 0 Å². The van der Waals surface area contributed by atoms with Gasteiger partial charge in [-0.2, -0.15) is 9.97 Å². The molecule has 1 fully saturated rings. The number of hydrogen-bond acceptors (Lipinski definition) is 7. The summed E-state index contributed by atoms with van der Waals surface area (Å²) in [7, 11) is 0. The Hall–Kier alpha value is -1.60. The number of nitrogen functional groups attached to an aromatic ring is 2. The maximum atomic E-state index is 5.51. The molecule has 1 aromatic rings. The quantitative estimate of drug-likeness (QED) is 0.479. The summed E-state index contributed by atoms with van der Waals surface area (Å²) in [6.45, 7) is 2.11. The van der Waals surface area contributed by atoms with Crippen LogP contribution in [0.15, 0.2) is 6.07 Å². The number of ether oxygens (including phenoxy) is 2. The van der Waals surface area contributed by atoms with Crippen LogP contribution in [0.1, 0.15) is 6.42 Å². The molecule has 0 radical (unpaired) electrons. The van der Waals surface area contributed by atoms with Gasteiger partial charge in [0.1, 0.15) is 5.82 Å². The van der Waals surface area contributed by atoms with Gasteiger partial charge in [0.05, 0.1) is 13.2 Å². The third-order valence-electron chi connectivity index (χ3n) is 2.36. The highest BCUT2D eigenvalue weighted by Crippen LogP contribution is 2.17. The van der Waals surface area contributed by atoms with E-state index < -0.39 is 0 Å². The fraction of sp³-hybridized carbons (Fsp3) is 0.556. The Morgan fingerprint density at radius 3 is 3.12 bits per heavy atom. The van der Waals surface area contributed by atoms with Gasteiger partial charge in [-0.3, -0.25) is 0 Å². The Balaban J connectivity index is 1.94. The maximum Gasteiger partial charge on any atom is 0.225 e. The van der Waals surface area contributed by atoms with Crippen molar-refractivity contribution in [2.75, 3.05) is 31.0 Å². The van der Waals surface area contributed by atoms with Crippen LogP contribution >= 0.6 is 0 Å². The van der Waals surface area contributed by atoms with E-state index in [1.165, 1.54) is 0 Å². The molecule has 0 spiro atoms. The molecule has 1 saturated heterocycles. The Morgan fingerprint density at radius 1 is 1.56 bits per heavy atom. The van der Waals surface area contributed by atoms with E-state index >= 15 is 0 Å². The third kappa shape index (κ3) is 2.71. The summed E-state index contributed by atoms with van der Waals surface area (Å²) < 4.78 is 10.8. The molecule has 16 heavy (non-hydrogen) atoms. The SMILES string of the molecule is NNc1cc(OCC2CCOC2)nc(N)n1. The van der Waals surface area contributed by atoms with Crippen LogP contribution in [0, 0.1) is 5.92 Å². The van der Waals surface area contributed by atoms with Gasteiger partial charge in [-0.1, -0.05) is 0 Å². The summed E-state index contributed by atoms with van der Waals surface area (Å²) in [5.74, 6) is 6.65. The smallest absolute Gasteiger partial charge is 0.225 e. The number of rotatable bonds is 4. The lowest BCUT2D eigenvalue weighted by Crippen LogP contribution is -2.14. The minimum atomic E-state index is 0.133. The first kappa shape index (κ1) is 10.9. The van der Waals surface area contributed by atoms with Crippen LogP contribution in [0.2, 0.25) is 0 Å². The van der Waals surface area contributed by atoms with E-state index in [0.29, 0.717) is 24.2 Å². The summed E-state index contributed by atoms with van der Waals surface area (Å²) in [4.78, 5) is 7.81. The standard InChI is InChI=1S/C9H15N5O2/c10-9-12-7(14-11)3-8(13-9)16-5-6-1-2-15-4-6/h3,6H,1-2,4-5,11H2,(H3,10,12,13,14). The molecule has 1 aliphatic rings. The number of nitrogens with zero attached hydrogens (tertiary/aromatic N) is 2. The fourth-order valence-corrected chi connectivity index (χ4v) is 1.51. The van der Waals surface area contributed by atoms with E-state index in [1.54, 1.807) is 6.07 Å². The summed E-state index contributed by atoms with van der Waals surface area (Å²) in [6.07, 6.45) is 1.02. The van der Waals surface area contributed by atoms with E-state index in [1.807, 2.05) is 0 Å². The van der Waals surface area contributed by atoms with Crippen molar-refractivity contribution >= 4 is 11.8 Å². The predicted molar refractivity (Wildman–Crippen MR) is 58.7 cm³/mol. The van der Waals surface area contributed by atoms with Crippen molar-refractivity contribution in [3.8, 4) is 5.88 Å². The molecule has 0 aliphatic carbocycles. The van der Waals surface area contributed by atoms with Crippen LogP contribution in [0.3, 0.4) is 0 Å². The molecule has 1 unspecified atom stereocenters. The molecule has 0 amide bonds. The molecule has 88 valence electrons. The Labute approximate surface area is 93.1 Å². The maximum absolute atomic E-state index is 5.51. The second-order valence-corrected chi connectivity index (χ2v) is 3.63. The van der Waals surface area contributed by atoms with Crippen molar-refractivity contribution in [3.05, 3.63) is 6.07 Å². The normalized spacial score (nSPS) is 19.7. The second kappa shape index (κ2) is 4.95. The number of nitrogens with two attached hydrogens (primary N) is 2. The first-order valence-corrected chi connectivity index (χ1v) is 5.09. The van der Waals surface area contributed by atoms with E-state index in [9.17, 15) is 0 Å². The Bertz CT molecular complexity index is 354. The lowest BCUT2D eigenvalue weighted by atomic mass is 10.1. The van der Waals surface area contributed by atoms with Crippen LogP contribution in [0.4, 0.5) is 11.8 Å². The third-order valence-corrected chi connectivity index (χ3v) is 2.36. The van der Waals surface area contributed by atoms with Gasteiger partial charge >= 0.3 is 0 Å². The zero-order valence-electron chi connectivity index (χ0n) is 8.85. The van der Waals surface area contributed by atoms with Crippen LogP contribution in [0.5, 0.6) is 5.88 Å². The molecule has 1 atom stereocenters. The predicted octanol–water partition coefficient (Wildman–Crippen LogP) is -0.240. The summed E-state index contributed by atoms with van der Waals surface area (Å²) in [6, 6.07) is 1.60. The van der Waals surface area contributed by atoms with Crippen molar-refractivity contribution in [3.63, 3.8) is 0 Å². The Morgan fingerprint density at radius 2 is 2.44 bits per heavy atom. The second-order valence-electron chi connectivity index (χ2n) is 3.63. The molecular weight excluding hydrogens is 210 g/mol. The number of hydrazine groups is 1. The molecule has 1 aliphatic heterocycles. The van der Waals surface area contributed by atoms with Crippen molar-refractivity contribution in [1.82, 2.24) is 9.97 Å². The molecule has 2 rings (SSSR count). The van der Waals surface area contributed by atoms with E-state index in [0.717, 1.165) is 19.6 Å². The highest BCUT2D eigenvalue weighted by molar-refractivity contribution is 5.41. The molecule has 7 nitrogen and oxygen atoms in total. The fourth-order valence-electron chi connectivity index (χ4n) is 1.51. The first-order valence-electron chi connectivity index (χ1n) is 5.09. The van der Waals surface area contributed by atoms with Crippen LogP contribution in [-0.2, 0) is 4.74 Å². The number of aromatic nitrogens is 2. The molecule has 2 heterocycles. The average molecular weight is 225 g/mol. The van der Waals surface area contributed by atoms with Crippen molar-refractivity contribution < 1.29 is 9.47 Å². The molecule has 7 heteroatoms. The van der Waals surface area contributed by atoms with Crippen LogP contribution < -0.4 is 21.7 Å². The zero-order valence-corrected chi connectivity index (χ0v) is 8.85. The lowest BCUT2D eigenvalue weighted by molar-refractivity contribution is 0.165. The lowest BCUT2D eigenvalue weighted by Gasteiger charge is -2.10. The number of anilines is 2. The van der Waals surface area contributed by atoms with Crippen LogP contribution in [0.25, 0.3) is 0 Å². The van der Waals surface area contributed by atoms with Gasteiger partial charge in [-0.25, -0.2) is 5.84 Å². The van der Waals surface area contributed by atoms with Gasteiger partial charge < -0.3 is 20.6 Å². The summed E-state index contributed by atoms with van der Waals surface area (Å²) >= 11 is 0. The van der Waals surface area contributed by atoms with E-state index in [-0.39, 0.29) is 5.95 Å². The number of nitrogens with one attached hydrogen (secondary N) is 1. The van der Waals surface area contributed by atoms with Gasteiger partial charge in [0.15, 0.2) is 0 Å². The monoisotopic (exact) mass is 225 g/mol. The first-order chi connectivity index (χ1) is 7.78. The summed E-state index contributed by atoms with van der Waals surface area (Å²) in [5.41, 5.74) is 7.90. The van der Waals surface area contributed by atoms with Crippen LogP contribution in [-0.4, -0.2) is 29.8 Å². The molecular formula is C9H15N5O2. The topological polar surface area (TPSA) is 108 Å².